The number of esters is 1. The zero-order valence-corrected chi connectivity index (χ0v) is 22.3. The molecular formula is C28H29BrFNO5. The van der Waals surface area contributed by atoms with Crippen LogP contribution in [0.2, 0.25) is 0 Å². The number of hydrogen-bond donors (Lipinski definition) is 1. The predicted molar refractivity (Wildman–Crippen MR) is 137 cm³/mol. The Labute approximate surface area is 218 Å². The largest absolute Gasteiger partial charge is 0.493 e. The number of ketones is 1. The highest BCUT2D eigenvalue weighted by Crippen LogP contribution is 2.47. The molecule has 0 spiro atoms. The molecule has 0 aromatic heterocycles. The van der Waals surface area contributed by atoms with E-state index in [0.29, 0.717) is 46.7 Å². The van der Waals surface area contributed by atoms with Crippen molar-refractivity contribution in [3.8, 4) is 11.5 Å². The van der Waals surface area contributed by atoms with E-state index < -0.39 is 17.7 Å². The van der Waals surface area contributed by atoms with Gasteiger partial charge in [0.2, 0.25) is 0 Å². The molecule has 0 saturated heterocycles. The van der Waals surface area contributed by atoms with Gasteiger partial charge >= 0.3 is 5.97 Å². The third-order valence-electron chi connectivity index (χ3n) is 6.64. The third-order valence-corrected chi connectivity index (χ3v) is 7.25. The van der Waals surface area contributed by atoms with Gasteiger partial charge in [0.1, 0.15) is 5.82 Å². The van der Waals surface area contributed by atoms with Gasteiger partial charge in [0, 0.05) is 29.3 Å². The Morgan fingerprint density at radius 3 is 2.47 bits per heavy atom. The van der Waals surface area contributed by atoms with E-state index in [1.54, 1.807) is 26.4 Å². The number of allylic oxidation sites excluding steroid dienone is 3. The fourth-order valence-corrected chi connectivity index (χ4v) is 5.35. The van der Waals surface area contributed by atoms with Gasteiger partial charge in [-0.3, -0.25) is 4.79 Å². The summed E-state index contributed by atoms with van der Waals surface area (Å²) >= 11 is 3.25. The Bertz CT molecular complexity index is 1270. The summed E-state index contributed by atoms with van der Waals surface area (Å²) in [4.78, 5) is 26.8. The number of carbonyl (C=O) groups excluding carboxylic acids is 2. The lowest BCUT2D eigenvalue weighted by molar-refractivity contribution is -0.139. The summed E-state index contributed by atoms with van der Waals surface area (Å²) in [5.74, 6) is -0.469. The van der Waals surface area contributed by atoms with Gasteiger partial charge < -0.3 is 19.5 Å². The number of carbonyl (C=O) groups is 2. The van der Waals surface area contributed by atoms with E-state index in [4.69, 9.17) is 14.2 Å². The van der Waals surface area contributed by atoms with Gasteiger partial charge in [0.05, 0.1) is 30.9 Å². The molecule has 1 aliphatic heterocycles. The van der Waals surface area contributed by atoms with Crippen molar-refractivity contribution in [2.45, 2.75) is 44.9 Å². The molecule has 0 radical (unpaired) electrons. The standard InChI is InChI=1S/C28H29BrFNO5/c1-5-10-36-28(33)25-15(2)31-21-12-18(16-7-9-23(34-3)24(14-16)35-4)13-22(32)27(21)26(25)17-6-8-20(30)19(29)11-17/h6-9,11,14,18,26,31H,5,10,12-13H2,1-4H3/t18-,26-/m0/s1. The number of hydrogen-bond acceptors (Lipinski definition) is 6. The van der Waals surface area contributed by atoms with Crippen LogP contribution in [0.5, 0.6) is 11.5 Å². The van der Waals surface area contributed by atoms with Crippen LogP contribution in [0.3, 0.4) is 0 Å². The molecule has 1 N–H and O–H groups in total. The van der Waals surface area contributed by atoms with Crippen molar-refractivity contribution >= 4 is 27.7 Å². The Morgan fingerprint density at radius 2 is 1.81 bits per heavy atom. The molecule has 1 aliphatic carbocycles. The minimum atomic E-state index is -0.652. The summed E-state index contributed by atoms with van der Waals surface area (Å²) < 4.78 is 30.6. The average Bonchev–Trinajstić information content (AvgIpc) is 2.87. The molecule has 0 amide bonds. The normalized spacial score (nSPS) is 19.6. The van der Waals surface area contributed by atoms with E-state index in [1.807, 2.05) is 32.0 Å². The Balaban J connectivity index is 1.78. The smallest absolute Gasteiger partial charge is 0.336 e. The van der Waals surface area contributed by atoms with Crippen LogP contribution in [-0.2, 0) is 14.3 Å². The average molecular weight is 558 g/mol. The molecule has 1 heterocycles. The van der Waals surface area contributed by atoms with Crippen LogP contribution < -0.4 is 14.8 Å². The van der Waals surface area contributed by atoms with Crippen LogP contribution in [0.4, 0.5) is 4.39 Å². The lowest BCUT2D eigenvalue weighted by Gasteiger charge is -2.37. The van der Waals surface area contributed by atoms with Crippen LogP contribution in [-0.4, -0.2) is 32.6 Å². The third kappa shape index (κ3) is 4.91. The molecule has 2 atom stereocenters. The van der Waals surface area contributed by atoms with Gasteiger partial charge in [0.15, 0.2) is 17.3 Å². The number of methoxy groups -OCH3 is 2. The van der Waals surface area contributed by atoms with Crippen LogP contribution in [0.25, 0.3) is 0 Å². The second kappa shape index (κ2) is 10.9. The second-order valence-corrected chi connectivity index (χ2v) is 9.80. The molecule has 36 heavy (non-hydrogen) atoms. The Hall–Kier alpha value is -3.13. The maximum Gasteiger partial charge on any atom is 0.336 e. The first-order valence-corrected chi connectivity index (χ1v) is 12.7. The van der Waals surface area contributed by atoms with Crippen LogP contribution >= 0.6 is 15.9 Å². The highest BCUT2D eigenvalue weighted by molar-refractivity contribution is 9.10. The number of halogens is 2. The van der Waals surface area contributed by atoms with E-state index in [9.17, 15) is 14.0 Å². The first-order chi connectivity index (χ1) is 17.3. The van der Waals surface area contributed by atoms with E-state index in [0.717, 1.165) is 11.3 Å². The molecular weight excluding hydrogens is 529 g/mol. The minimum absolute atomic E-state index is 0.0673. The topological polar surface area (TPSA) is 73.9 Å². The fraction of sp³-hybridized carbons (Fsp3) is 0.357. The molecule has 2 aromatic rings. The van der Waals surface area contributed by atoms with Crippen LogP contribution in [0.15, 0.2) is 63.4 Å². The van der Waals surface area contributed by atoms with Crippen molar-refractivity contribution in [3.63, 3.8) is 0 Å². The summed E-state index contributed by atoms with van der Waals surface area (Å²) in [5, 5.41) is 3.33. The van der Waals surface area contributed by atoms with E-state index in [2.05, 4.69) is 21.2 Å². The van der Waals surface area contributed by atoms with Crippen molar-refractivity contribution in [1.29, 1.82) is 0 Å². The number of nitrogens with one attached hydrogen (secondary N) is 1. The highest BCUT2D eigenvalue weighted by atomic mass is 79.9. The van der Waals surface area contributed by atoms with Gasteiger partial charge in [0.25, 0.3) is 0 Å². The number of benzene rings is 2. The summed E-state index contributed by atoms with van der Waals surface area (Å²) in [6.45, 7) is 4.00. The van der Waals surface area contributed by atoms with Crippen molar-refractivity contribution in [1.82, 2.24) is 5.32 Å². The number of Topliss-reactive ketones (excluding diaryl/α,β-unsaturated/α-hetero) is 1. The molecule has 8 heteroatoms. The first-order valence-electron chi connectivity index (χ1n) is 11.9. The summed E-state index contributed by atoms with van der Waals surface area (Å²) in [7, 11) is 3.16. The Kier molecular flexibility index (Phi) is 7.83. The zero-order chi connectivity index (χ0) is 26.0. The molecule has 0 saturated carbocycles. The van der Waals surface area contributed by atoms with E-state index in [-0.39, 0.29) is 29.2 Å². The first kappa shape index (κ1) is 25.9. The summed E-state index contributed by atoms with van der Waals surface area (Å²) in [6, 6.07) is 10.3. The molecule has 190 valence electrons. The zero-order valence-electron chi connectivity index (χ0n) is 20.7. The van der Waals surface area contributed by atoms with Gasteiger partial charge in [-0.25, -0.2) is 9.18 Å². The SMILES string of the molecule is CCCOC(=O)C1=C(C)NC2=C(C(=O)C[C@@H](c3ccc(OC)c(OC)c3)C2)[C@H]1c1ccc(F)c(Br)c1. The van der Waals surface area contributed by atoms with Gasteiger partial charge in [-0.2, -0.15) is 0 Å². The molecule has 2 aromatic carbocycles. The molecule has 0 bridgehead atoms. The van der Waals surface area contributed by atoms with Crippen molar-refractivity contribution in [2.24, 2.45) is 0 Å². The monoisotopic (exact) mass is 557 g/mol. The number of ether oxygens (including phenoxy) is 3. The quantitative estimate of drug-likeness (QED) is 0.426. The lowest BCUT2D eigenvalue weighted by Crippen LogP contribution is -2.36. The van der Waals surface area contributed by atoms with E-state index >= 15 is 0 Å². The van der Waals surface area contributed by atoms with Crippen LogP contribution in [0, 0.1) is 5.82 Å². The maximum atomic E-state index is 14.1. The minimum Gasteiger partial charge on any atom is -0.493 e. The molecule has 0 unspecified atom stereocenters. The van der Waals surface area contributed by atoms with Crippen LogP contribution in [0.1, 0.15) is 56.1 Å². The summed E-state index contributed by atoms with van der Waals surface area (Å²) in [5.41, 5.74) is 3.91. The maximum absolute atomic E-state index is 14.1. The van der Waals surface area contributed by atoms with Crippen molar-refractivity contribution in [2.75, 3.05) is 20.8 Å². The summed E-state index contributed by atoms with van der Waals surface area (Å²) in [6.07, 6.45) is 1.52. The molecule has 0 fully saturated rings. The Morgan fingerprint density at radius 1 is 1.08 bits per heavy atom. The second-order valence-electron chi connectivity index (χ2n) is 8.94. The molecule has 2 aliphatic rings. The van der Waals surface area contributed by atoms with Gasteiger partial charge in [-0.05, 0) is 77.0 Å². The highest BCUT2D eigenvalue weighted by Gasteiger charge is 2.41. The van der Waals surface area contributed by atoms with Gasteiger partial charge in [-0.15, -0.1) is 0 Å². The van der Waals surface area contributed by atoms with Crippen molar-refractivity contribution < 1.29 is 28.2 Å². The molecule has 6 nitrogen and oxygen atoms in total. The fourth-order valence-electron chi connectivity index (χ4n) is 4.95. The predicted octanol–water partition coefficient (Wildman–Crippen LogP) is 5.92. The van der Waals surface area contributed by atoms with Crippen molar-refractivity contribution in [3.05, 3.63) is 80.4 Å². The lowest BCUT2D eigenvalue weighted by atomic mass is 9.71. The number of rotatable bonds is 7. The molecule has 4 rings (SSSR count). The van der Waals surface area contributed by atoms with E-state index in [1.165, 1.54) is 6.07 Å². The van der Waals surface area contributed by atoms with Gasteiger partial charge in [-0.1, -0.05) is 19.1 Å². The number of dihydropyridines is 1.